The van der Waals surface area contributed by atoms with Crippen molar-refractivity contribution in [2.75, 3.05) is 6.54 Å². The van der Waals surface area contributed by atoms with Crippen molar-refractivity contribution in [1.82, 2.24) is 5.32 Å². The number of aliphatic hydroxyl groups excluding tert-OH is 1. The molecule has 3 unspecified atom stereocenters. The maximum absolute atomic E-state index is 12.0. The van der Waals surface area contributed by atoms with Crippen LogP contribution in [0.5, 0.6) is 0 Å². The fraction of sp³-hybridized carbons (Fsp3) is 0.917. The molecule has 0 spiro atoms. The molecule has 1 rings (SSSR count). The van der Waals surface area contributed by atoms with Gasteiger partial charge in [0.25, 0.3) is 0 Å². The Bertz CT molecular complexity index is 243. The fourth-order valence-electron chi connectivity index (χ4n) is 2.28. The molecule has 1 aliphatic rings. The molecule has 0 bridgehead atoms. The molecule has 3 atom stereocenters. The molecule has 0 aromatic carbocycles. The average molecular weight is 228 g/mol. The molecule has 0 saturated heterocycles. The summed E-state index contributed by atoms with van der Waals surface area (Å²) in [6.07, 6.45) is 4.12. The van der Waals surface area contributed by atoms with E-state index in [0.29, 0.717) is 6.54 Å². The van der Waals surface area contributed by atoms with Gasteiger partial charge >= 0.3 is 0 Å². The predicted molar refractivity (Wildman–Crippen MR) is 63.9 cm³/mol. The Morgan fingerprint density at radius 1 is 1.69 bits per heavy atom. The van der Waals surface area contributed by atoms with Crippen LogP contribution in [0.3, 0.4) is 0 Å². The van der Waals surface area contributed by atoms with Crippen molar-refractivity contribution >= 4 is 5.91 Å². The second-order valence-corrected chi connectivity index (χ2v) is 5.16. The third kappa shape index (κ3) is 3.19. The van der Waals surface area contributed by atoms with Crippen molar-refractivity contribution in [3.63, 3.8) is 0 Å². The van der Waals surface area contributed by atoms with E-state index in [0.717, 1.165) is 32.1 Å². The van der Waals surface area contributed by atoms with Gasteiger partial charge in [0.1, 0.15) is 0 Å². The third-order valence-corrected chi connectivity index (χ3v) is 3.63. The van der Waals surface area contributed by atoms with E-state index in [9.17, 15) is 4.79 Å². The molecule has 1 saturated carbocycles. The Hall–Kier alpha value is -0.610. The lowest BCUT2D eigenvalue weighted by molar-refractivity contribution is -0.130. The molecule has 1 fully saturated rings. The summed E-state index contributed by atoms with van der Waals surface area (Å²) in [6, 6.07) is -0.00994. The number of hydrogen-bond donors (Lipinski definition) is 3. The third-order valence-electron chi connectivity index (χ3n) is 3.63. The highest BCUT2D eigenvalue weighted by molar-refractivity contribution is 5.83. The zero-order valence-electron chi connectivity index (χ0n) is 10.3. The van der Waals surface area contributed by atoms with Crippen molar-refractivity contribution in [3.05, 3.63) is 0 Å². The Balaban J connectivity index is 2.29. The molecule has 16 heavy (non-hydrogen) atoms. The van der Waals surface area contributed by atoms with Gasteiger partial charge in [0.2, 0.25) is 5.91 Å². The summed E-state index contributed by atoms with van der Waals surface area (Å²) >= 11 is 0. The zero-order chi connectivity index (χ0) is 12.2. The molecule has 94 valence electrons. The van der Waals surface area contributed by atoms with Crippen molar-refractivity contribution in [2.45, 2.75) is 58.1 Å². The van der Waals surface area contributed by atoms with Crippen molar-refractivity contribution in [2.24, 2.45) is 11.1 Å². The standard InChI is InChI=1S/C12H24N2O2/c1-9(15)5-4-8-14-11(16)12(2)7-3-6-10(12)13/h9-10,15H,3-8,13H2,1-2H3,(H,14,16). The molecule has 4 nitrogen and oxygen atoms in total. The maximum atomic E-state index is 12.0. The van der Waals surface area contributed by atoms with Crippen LogP contribution >= 0.6 is 0 Å². The molecule has 0 aliphatic heterocycles. The highest BCUT2D eigenvalue weighted by Crippen LogP contribution is 2.36. The number of carbonyl (C=O) groups is 1. The van der Waals surface area contributed by atoms with Gasteiger partial charge in [-0.3, -0.25) is 4.79 Å². The summed E-state index contributed by atoms with van der Waals surface area (Å²) in [5, 5.41) is 12.0. The Labute approximate surface area is 97.6 Å². The minimum Gasteiger partial charge on any atom is -0.393 e. The number of nitrogens with one attached hydrogen (secondary N) is 1. The van der Waals surface area contributed by atoms with Crippen LogP contribution in [0.1, 0.15) is 46.0 Å². The molecule has 0 heterocycles. The summed E-state index contributed by atoms with van der Waals surface area (Å²) < 4.78 is 0. The Morgan fingerprint density at radius 2 is 2.38 bits per heavy atom. The first-order valence-corrected chi connectivity index (χ1v) is 6.19. The molecular formula is C12H24N2O2. The molecule has 4 heteroatoms. The number of carbonyl (C=O) groups excluding carboxylic acids is 1. The SMILES string of the molecule is CC(O)CCCNC(=O)C1(C)CCCC1N. The zero-order valence-corrected chi connectivity index (χ0v) is 10.3. The van der Waals surface area contributed by atoms with E-state index in [2.05, 4.69) is 5.32 Å². The first kappa shape index (κ1) is 13.5. The van der Waals surface area contributed by atoms with Crippen LogP contribution in [0.2, 0.25) is 0 Å². The van der Waals surface area contributed by atoms with Gasteiger partial charge in [0.05, 0.1) is 11.5 Å². The van der Waals surface area contributed by atoms with Crippen LogP contribution in [-0.4, -0.2) is 29.7 Å². The highest BCUT2D eigenvalue weighted by atomic mass is 16.3. The van der Waals surface area contributed by atoms with E-state index >= 15 is 0 Å². The minimum absolute atomic E-state index is 0.00994. The fourth-order valence-corrected chi connectivity index (χ4v) is 2.28. The van der Waals surface area contributed by atoms with E-state index in [4.69, 9.17) is 10.8 Å². The van der Waals surface area contributed by atoms with Crippen LogP contribution in [0.15, 0.2) is 0 Å². The van der Waals surface area contributed by atoms with Crippen molar-refractivity contribution in [1.29, 1.82) is 0 Å². The summed E-state index contributed by atoms with van der Waals surface area (Å²) in [5.41, 5.74) is 5.58. The average Bonchev–Trinajstić information content (AvgIpc) is 2.55. The van der Waals surface area contributed by atoms with Crippen molar-refractivity contribution in [3.8, 4) is 0 Å². The van der Waals surface area contributed by atoms with E-state index in [1.807, 2.05) is 6.92 Å². The number of nitrogens with two attached hydrogens (primary N) is 1. The normalized spacial score (nSPS) is 31.4. The Kier molecular flexibility index (Phi) is 4.74. The lowest BCUT2D eigenvalue weighted by Gasteiger charge is -2.27. The van der Waals surface area contributed by atoms with Gasteiger partial charge in [0, 0.05) is 12.6 Å². The van der Waals surface area contributed by atoms with Crippen LogP contribution in [0.4, 0.5) is 0 Å². The van der Waals surface area contributed by atoms with Crippen LogP contribution < -0.4 is 11.1 Å². The number of amides is 1. The quantitative estimate of drug-likeness (QED) is 0.609. The Morgan fingerprint density at radius 3 is 2.88 bits per heavy atom. The van der Waals surface area contributed by atoms with Gasteiger partial charge in [0.15, 0.2) is 0 Å². The number of aliphatic hydroxyl groups is 1. The van der Waals surface area contributed by atoms with Gasteiger partial charge in [-0.2, -0.15) is 0 Å². The second kappa shape index (κ2) is 5.64. The summed E-state index contributed by atoms with van der Waals surface area (Å²) in [7, 11) is 0. The minimum atomic E-state index is -0.384. The van der Waals surface area contributed by atoms with Crippen LogP contribution in [0, 0.1) is 5.41 Å². The molecular weight excluding hydrogens is 204 g/mol. The number of rotatable bonds is 5. The lowest BCUT2D eigenvalue weighted by atomic mass is 9.84. The molecule has 1 amide bonds. The summed E-state index contributed by atoms with van der Waals surface area (Å²) in [6.45, 7) is 4.34. The van der Waals surface area contributed by atoms with Crippen molar-refractivity contribution < 1.29 is 9.90 Å². The first-order valence-electron chi connectivity index (χ1n) is 6.19. The molecule has 0 aromatic rings. The molecule has 1 aliphatic carbocycles. The van der Waals surface area contributed by atoms with E-state index < -0.39 is 0 Å². The van der Waals surface area contributed by atoms with Gasteiger partial charge in [-0.25, -0.2) is 0 Å². The van der Waals surface area contributed by atoms with E-state index in [-0.39, 0.29) is 23.5 Å². The lowest BCUT2D eigenvalue weighted by Crippen LogP contribution is -2.47. The molecule has 0 aromatic heterocycles. The topological polar surface area (TPSA) is 75.3 Å². The highest BCUT2D eigenvalue weighted by Gasteiger charge is 2.42. The molecule has 4 N–H and O–H groups in total. The monoisotopic (exact) mass is 228 g/mol. The smallest absolute Gasteiger partial charge is 0.227 e. The second-order valence-electron chi connectivity index (χ2n) is 5.16. The van der Waals surface area contributed by atoms with Gasteiger partial charge in [-0.15, -0.1) is 0 Å². The maximum Gasteiger partial charge on any atom is 0.227 e. The molecule has 0 radical (unpaired) electrons. The van der Waals surface area contributed by atoms with Crippen LogP contribution in [0.25, 0.3) is 0 Å². The first-order chi connectivity index (χ1) is 7.47. The summed E-state index contributed by atoms with van der Waals surface area (Å²) in [4.78, 5) is 12.0. The van der Waals surface area contributed by atoms with E-state index in [1.54, 1.807) is 6.92 Å². The largest absolute Gasteiger partial charge is 0.393 e. The van der Waals surface area contributed by atoms with E-state index in [1.165, 1.54) is 0 Å². The predicted octanol–water partition coefficient (Wildman–Crippen LogP) is 0.781. The summed E-state index contributed by atoms with van der Waals surface area (Å²) in [5.74, 6) is 0.0723. The van der Waals surface area contributed by atoms with Gasteiger partial charge in [-0.1, -0.05) is 6.42 Å². The number of hydrogen-bond acceptors (Lipinski definition) is 3. The van der Waals surface area contributed by atoms with Gasteiger partial charge in [-0.05, 0) is 39.5 Å². The van der Waals surface area contributed by atoms with Crippen LogP contribution in [-0.2, 0) is 4.79 Å². The van der Waals surface area contributed by atoms with Gasteiger partial charge < -0.3 is 16.2 Å².